The van der Waals surface area contributed by atoms with E-state index in [9.17, 15) is 9.59 Å². The van der Waals surface area contributed by atoms with E-state index in [2.05, 4.69) is 15.3 Å². The van der Waals surface area contributed by atoms with Gasteiger partial charge in [0.1, 0.15) is 0 Å². The van der Waals surface area contributed by atoms with Gasteiger partial charge in [-0.2, -0.15) is 0 Å². The molecule has 1 saturated carbocycles. The summed E-state index contributed by atoms with van der Waals surface area (Å²) in [4.78, 5) is 29.7. The zero-order valence-corrected chi connectivity index (χ0v) is 9.01. The van der Waals surface area contributed by atoms with Crippen molar-refractivity contribution in [2.75, 3.05) is 11.9 Å². The highest BCUT2D eigenvalue weighted by molar-refractivity contribution is 5.95. The number of carboxylic acid groups (broad SMARTS) is 1. The molecule has 1 aromatic heterocycles. The molecule has 1 aliphatic carbocycles. The van der Waals surface area contributed by atoms with Crippen LogP contribution in [0.15, 0.2) is 12.4 Å². The number of primary amides is 1. The minimum absolute atomic E-state index is 0.0219. The largest absolute Gasteiger partial charge is 0.481 e. The lowest BCUT2D eigenvalue weighted by molar-refractivity contribution is -0.142. The molecule has 1 heterocycles. The molecule has 1 fully saturated rings. The van der Waals surface area contributed by atoms with Crippen molar-refractivity contribution < 1.29 is 14.7 Å². The van der Waals surface area contributed by atoms with E-state index >= 15 is 0 Å². The summed E-state index contributed by atoms with van der Waals surface area (Å²) in [6.07, 6.45) is 4.02. The molecule has 7 nitrogen and oxygen atoms in total. The van der Waals surface area contributed by atoms with Crippen LogP contribution in [-0.2, 0) is 4.79 Å². The molecule has 90 valence electrons. The molecule has 2 rings (SSSR count). The molecule has 0 unspecified atom stereocenters. The van der Waals surface area contributed by atoms with Crippen LogP contribution in [-0.4, -0.2) is 33.5 Å². The molecule has 17 heavy (non-hydrogen) atoms. The van der Waals surface area contributed by atoms with Gasteiger partial charge in [0, 0.05) is 18.9 Å². The topological polar surface area (TPSA) is 118 Å². The van der Waals surface area contributed by atoms with Gasteiger partial charge in [0.05, 0.1) is 5.41 Å². The third-order valence-electron chi connectivity index (χ3n) is 2.83. The number of aliphatic carboxylic acids is 1. The maximum atomic E-state index is 11.1. The Morgan fingerprint density at radius 1 is 1.41 bits per heavy atom. The predicted octanol–water partition coefficient (Wildman–Crippen LogP) is -0.148. The molecule has 4 N–H and O–H groups in total. The molecular formula is C10H12N4O3. The van der Waals surface area contributed by atoms with Crippen LogP contribution in [0.25, 0.3) is 0 Å². The smallest absolute Gasteiger partial charge is 0.311 e. The number of carbonyl (C=O) groups is 2. The summed E-state index contributed by atoms with van der Waals surface area (Å²) in [5.74, 6) is -1.30. The van der Waals surface area contributed by atoms with Crippen LogP contribution in [0.3, 0.4) is 0 Å². The number of carboxylic acids is 1. The molecule has 1 aromatic rings. The monoisotopic (exact) mass is 236 g/mol. The van der Waals surface area contributed by atoms with E-state index in [-0.39, 0.29) is 18.1 Å². The van der Waals surface area contributed by atoms with E-state index < -0.39 is 17.3 Å². The molecule has 0 saturated heterocycles. The lowest BCUT2D eigenvalue weighted by Crippen LogP contribution is -2.26. The number of hydrogen-bond acceptors (Lipinski definition) is 5. The first kappa shape index (κ1) is 11.3. The fourth-order valence-corrected chi connectivity index (χ4v) is 1.52. The Hall–Kier alpha value is -2.18. The summed E-state index contributed by atoms with van der Waals surface area (Å²) < 4.78 is 0. The number of rotatable bonds is 5. The molecule has 0 atom stereocenters. The fourth-order valence-electron chi connectivity index (χ4n) is 1.52. The minimum Gasteiger partial charge on any atom is -0.481 e. The first-order valence-electron chi connectivity index (χ1n) is 5.13. The van der Waals surface area contributed by atoms with Crippen molar-refractivity contribution in [2.45, 2.75) is 12.8 Å². The van der Waals surface area contributed by atoms with Crippen LogP contribution in [0, 0.1) is 5.41 Å². The van der Waals surface area contributed by atoms with Gasteiger partial charge in [0.25, 0.3) is 5.91 Å². The Morgan fingerprint density at radius 3 is 2.59 bits per heavy atom. The molecule has 1 aliphatic rings. The van der Waals surface area contributed by atoms with Gasteiger partial charge in [-0.25, -0.2) is 9.97 Å². The molecule has 0 aromatic carbocycles. The number of amides is 1. The average Bonchev–Trinajstić information content (AvgIpc) is 3.07. The Morgan fingerprint density at radius 2 is 2.06 bits per heavy atom. The van der Waals surface area contributed by atoms with E-state index in [1.165, 1.54) is 12.4 Å². The van der Waals surface area contributed by atoms with Crippen molar-refractivity contribution >= 4 is 17.7 Å². The Balaban J connectivity index is 2.09. The molecular weight excluding hydrogens is 224 g/mol. The highest BCUT2D eigenvalue weighted by Gasteiger charge is 2.50. The highest BCUT2D eigenvalue weighted by Crippen LogP contribution is 2.45. The van der Waals surface area contributed by atoms with E-state index in [4.69, 9.17) is 10.8 Å². The summed E-state index contributed by atoms with van der Waals surface area (Å²) in [5, 5.41) is 11.8. The van der Waals surface area contributed by atoms with Crippen LogP contribution >= 0.6 is 0 Å². The third-order valence-corrected chi connectivity index (χ3v) is 2.83. The fraction of sp³-hybridized carbons (Fsp3) is 0.400. The van der Waals surface area contributed by atoms with Gasteiger partial charge < -0.3 is 16.2 Å². The SMILES string of the molecule is NC(=O)c1nccnc1NCC1(C(=O)O)CC1. The van der Waals surface area contributed by atoms with Crippen molar-refractivity contribution in [3.63, 3.8) is 0 Å². The number of nitrogens with one attached hydrogen (secondary N) is 1. The summed E-state index contributed by atoms with van der Waals surface area (Å²) in [6, 6.07) is 0. The van der Waals surface area contributed by atoms with E-state index in [1.807, 2.05) is 0 Å². The van der Waals surface area contributed by atoms with E-state index in [0.717, 1.165) is 0 Å². The van der Waals surface area contributed by atoms with Crippen molar-refractivity contribution in [1.82, 2.24) is 9.97 Å². The van der Waals surface area contributed by atoms with Crippen LogP contribution in [0.4, 0.5) is 5.82 Å². The number of nitrogens with two attached hydrogens (primary N) is 1. The lowest BCUT2D eigenvalue weighted by Gasteiger charge is -2.12. The van der Waals surface area contributed by atoms with Crippen molar-refractivity contribution in [2.24, 2.45) is 11.1 Å². The zero-order valence-electron chi connectivity index (χ0n) is 9.01. The standard InChI is InChI=1S/C10H12N4O3/c11-7(15)6-8(13-4-3-12-6)14-5-10(1-2-10)9(16)17/h3-4H,1-2,5H2,(H2,11,15)(H,13,14)(H,16,17). The Bertz CT molecular complexity index is 470. The first-order valence-corrected chi connectivity index (χ1v) is 5.13. The van der Waals surface area contributed by atoms with Gasteiger partial charge in [0.2, 0.25) is 0 Å². The first-order chi connectivity index (χ1) is 8.05. The van der Waals surface area contributed by atoms with Gasteiger partial charge in [-0.3, -0.25) is 9.59 Å². The summed E-state index contributed by atoms with van der Waals surface area (Å²) in [7, 11) is 0. The average molecular weight is 236 g/mol. The maximum Gasteiger partial charge on any atom is 0.311 e. The second-order valence-corrected chi connectivity index (χ2v) is 4.06. The van der Waals surface area contributed by atoms with Gasteiger partial charge in [-0.1, -0.05) is 0 Å². The normalized spacial score (nSPS) is 16.2. The van der Waals surface area contributed by atoms with E-state index in [0.29, 0.717) is 12.8 Å². The predicted molar refractivity (Wildman–Crippen MR) is 58.3 cm³/mol. The maximum absolute atomic E-state index is 11.1. The molecule has 0 bridgehead atoms. The Labute approximate surface area is 97.1 Å². The summed E-state index contributed by atoms with van der Waals surface area (Å²) >= 11 is 0. The number of nitrogens with zero attached hydrogens (tertiary/aromatic N) is 2. The molecule has 7 heteroatoms. The Kier molecular flexibility index (Phi) is 2.66. The number of carbonyl (C=O) groups excluding carboxylic acids is 1. The van der Waals surface area contributed by atoms with Gasteiger partial charge in [0.15, 0.2) is 11.5 Å². The number of anilines is 1. The van der Waals surface area contributed by atoms with Crippen molar-refractivity contribution in [3.05, 3.63) is 18.1 Å². The molecule has 0 spiro atoms. The van der Waals surface area contributed by atoms with Crippen molar-refractivity contribution in [3.8, 4) is 0 Å². The number of aromatic nitrogens is 2. The zero-order chi connectivity index (χ0) is 12.5. The van der Waals surface area contributed by atoms with Crippen LogP contribution < -0.4 is 11.1 Å². The minimum atomic E-state index is -0.838. The molecule has 0 radical (unpaired) electrons. The van der Waals surface area contributed by atoms with Crippen molar-refractivity contribution in [1.29, 1.82) is 0 Å². The van der Waals surface area contributed by atoms with Gasteiger partial charge in [-0.15, -0.1) is 0 Å². The van der Waals surface area contributed by atoms with Gasteiger partial charge >= 0.3 is 5.97 Å². The third kappa shape index (κ3) is 2.17. The van der Waals surface area contributed by atoms with Gasteiger partial charge in [-0.05, 0) is 12.8 Å². The quantitative estimate of drug-likeness (QED) is 0.654. The summed E-state index contributed by atoms with van der Waals surface area (Å²) in [6.45, 7) is 0.224. The lowest BCUT2D eigenvalue weighted by atomic mass is 10.1. The van der Waals surface area contributed by atoms with E-state index in [1.54, 1.807) is 0 Å². The summed E-state index contributed by atoms with van der Waals surface area (Å²) in [5.41, 5.74) is 4.42. The van der Waals surface area contributed by atoms with Crippen LogP contribution in [0.2, 0.25) is 0 Å². The molecule has 1 amide bonds. The van der Waals surface area contributed by atoms with Crippen LogP contribution in [0.5, 0.6) is 0 Å². The molecule has 0 aliphatic heterocycles. The van der Waals surface area contributed by atoms with Crippen LogP contribution in [0.1, 0.15) is 23.3 Å². The second kappa shape index (κ2) is 4.00. The highest BCUT2D eigenvalue weighted by atomic mass is 16.4. The number of hydrogen-bond donors (Lipinski definition) is 3. The second-order valence-electron chi connectivity index (χ2n) is 4.06.